The molecule has 0 unspecified atom stereocenters. The number of benzene rings is 2. The fourth-order valence-corrected chi connectivity index (χ4v) is 3.92. The number of aromatic nitrogens is 1. The van der Waals surface area contributed by atoms with Crippen molar-refractivity contribution < 1.29 is 22.7 Å². The first-order valence-electron chi connectivity index (χ1n) is 9.08. The second-order valence-electron chi connectivity index (χ2n) is 6.12. The van der Waals surface area contributed by atoms with E-state index in [0.717, 1.165) is 0 Å². The van der Waals surface area contributed by atoms with E-state index >= 15 is 0 Å². The normalized spacial score (nSPS) is 10.9. The third-order valence-corrected chi connectivity index (χ3v) is 5.45. The van der Waals surface area contributed by atoms with Crippen molar-refractivity contribution in [2.75, 3.05) is 23.8 Å². The minimum atomic E-state index is -3.98. The van der Waals surface area contributed by atoms with Crippen molar-refractivity contribution in [1.29, 1.82) is 0 Å². The van der Waals surface area contributed by atoms with Gasteiger partial charge in [-0.25, -0.2) is 8.42 Å². The molecule has 9 heteroatoms. The molecule has 0 aliphatic heterocycles. The highest BCUT2D eigenvalue weighted by molar-refractivity contribution is 7.92. The number of nitrogens with zero attached hydrogens (tertiary/aromatic N) is 1. The third-order valence-electron chi connectivity index (χ3n) is 4.05. The van der Waals surface area contributed by atoms with Crippen LogP contribution in [-0.4, -0.2) is 33.0 Å². The molecule has 0 saturated heterocycles. The van der Waals surface area contributed by atoms with Gasteiger partial charge in [-0.2, -0.15) is 0 Å². The van der Waals surface area contributed by atoms with Crippen LogP contribution in [0.2, 0.25) is 0 Å². The zero-order valence-electron chi connectivity index (χ0n) is 16.5. The Hall–Kier alpha value is -3.59. The zero-order valence-corrected chi connectivity index (χ0v) is 17.3. The lowest BCUT2D eigenvalue weighted by molar-refractivity contribution is 0.102. The minimum Gasteiger partial charge on any atom is -0.495 e. The Bertz CT molecular complexity index is 1120. The summed E-state index contributed by atoms with van der Waals surface area (Å²) in [6, 6.07) is 14.2. The summed E-state index contributed by atoms with van der Waals surface area (Å²) < 4.78 is 39.0. The van der Waals surface area contributed by atoms with Gasteiger partial charge in [0.15, 0.2) is 0 Å². The predicted octanol–water partition coefficient (Wildman–Crippen LogP) is 3.54. The van der Waals surface area contributed by atoms with E-state index in [1.54, 1.807) is 48.7 Å². The first-order chi connectivity index (χ1) is 14.4. The number of pyridine rings is 1. The summed E-state index contributed by atoms with van der Waals surface area (Å²) >= 11 is 0. The van der Waals surface area contributed by atoms with Crippen LogP contribution in [0.25, 0.3) is 0 Å². The lowest BCUT2D eigenvalue weighted by atomic mass is 10.2. The molecular weight excluding hydrogens is 406 g/mol. The highest BCUT2D eigenvalue weighted by Gasteiger charge is 2.21. The predicted molar refractivity (Wildman–Crippen MR) is 114 cm³/mol. The van der Waals surface area contributed by atoms with E-state index in [4.69, 9.17) is 9.47 Å². The smallest absolute Gasteiger partial charge is 0.265 e. The van der Waals surface area contributed by atoms with Gasteiger partial charge in [-0.3, -0.25) is 14.5 Å². The molecule has 0 bridgehead atoms. The van der Waals surface area contributed by atoms with Crippen molar-refractivity contribution in [2.45, 2.75) is 11.8 Å². The van der Waals surface area contributed by atoms with Gasteiger partial charge in [0.25, 0.3) is 15.9 Å². The van der Waals surface area contributed by atoms with Gasteiger partial charge in [0.1, 0.15) is 16.4 Å². The van der Waals surface area contributed by atoms with Gasteiger partial charge >= 0.3 is 0 Å². The van der Waals surface area contributed by atoms with Crippen molar-refractivity contribution in [3.8, 4) is 11.5 Å². The van der Waals surface area contributed by atoms with Crippen LogP contribution in [0.3, 0.4) is 0 Å². The number of sulfonamides is 1. The number of hydrogen-bond donors (Lipinski definition) is 2. The lowest BCUT2D eigenvalue weighted by Gasteiger charge is -2.14. The molecule has 3 aromatic rings. The summed E-state index contributed by atoms with van der Waals surface area (Å²) in [4.78, 5) is 16.1. The Labute approximate surface area is 174 Å². The fraction of sp³-hybridized carbons (Fsp3) is 0.143. The van der Waals surface area contributed by atoms with Crippen molar-refractivity contribution in [3.63, 3.8) is 0 Å². The Morgan fingerprint density at radius 3 is 2.43 bits per heavy atom. The lowest BCUT2D eigenvalue weighted by Crippen LogP contribution is -2.16. The van der Waals surface area contributed by atoms with E-state index in [2.05, 4.69) is 15.0 Å². The molecule has 3 rings (SSSR count). The van der Waals surface area contributed by atoms with Crippen LogP contribution < -0.4 is 19.5 Å². The second kappa shape index (κ2) is 9.27. The van der Waals surface area contributed by atoms with E-state index in [1.807, 2.05) is 6.92 Å². The number of amides is 1. The quantitative estimate of drug-likeness (QED) is 0.569. The number of rotatable bonds is 8. The van der Waals surface area contributed by atoms with Crippen molar-refractivity contribution in [1.82, 2.24) is 4.98 Å². The Morgan fingerprint density at radius 1 is 1.07 bits per heavy atom. The molecule has 1 aromatic heterocycles. The summed E-state index contributed by atoms with van der Waals surface area (Å²) in [5.74, 6) is 0.377. The SMILES string of the molecule is CCOc1ccc(NS(=O)(=O)c2cc(NC(=O)c3cccnc3)ccc2OC)cc1. The van der Waals surface area contributed by atoms with Gasteiger partial charge in [0, 0.05) is 23.8 Å². The largest absolute Gasteiger partial charge is 0.495 e. The number of carbonyl (C=O) groups excluding carboxylic acids is 1. The summed E-state index contributed by atoms with van der Waals surface area (Å²) in [6.07, 6.45) is 2.98. The zero-order chi connectivity index (χ0) is 21.6. The second-order valence-corrected chi connectivity index (χ2v) is 7.78. The number of ether oxygens (including phenoxy) is 2. The van der Waals surface area contributed by atoms with Gasteiger partial charge in [-0.1, -0.05) is 0 Å². The van der Waals surface area contributed by atoms with Crippen molar-refractivity contribution >= 4 is 27.3 Å². The molecule has 8 nitrogen and oxygen atoms in total. The summed E-state index contributed by atoms with van der Waals surface area (Å²) in [7, 11) is -2.61. The molecule has 0 spiro atoms. The van der Waals surface area contributed by atoms with Crippen LogP contribution >= 0.6 is 0 Å². The Balaban J connectivity index is 1.85. The maximum absolute atomic E-state index is 13.0. The van der Waals surface area contributed by atoms with Crippen molar-refractivity contribution in [2.24, 2.45) is 0 Å². The van der Waals surface area contributed by atoms with E-state index in [9.17, 15) is 13.2 Å². The maximum atomic E-state index is 13.0. The van der Waals surface area contributed by atoms with Crippen LogP contribution in [0.5, 0.6) is 11.5 Å². The molecule has 0 saturated carbocycles. The van der Waals surface area contributed by atoms with Crippen LogP contribution in [0.15, 0.2) is 71.9 Å². The fourth-order valence-electron chi connectivity index (χ4n) is 2.66. The van der Waals surface area contributed by atoms with Crippen LogP contribution in [0.1, 0.15) is 17.3 Å². The first kappa shape index (κ1) is 21.1. The summed E-state index contributed by atoms with van der Waals surface area (Å²) in [6.45, 7) is 2.38. The molecule has 2 aromatic carbocycles. The average molecular weight is 427 g/mol. The molecule has 0 aliphatic rings. The molecule has 30 heavy (non-hydrogen) atoms. The van der Waals surface area contributed by atoms with Crippen LogP contribution in [0.4, 0.5) is 11.4 Å². The summed E-state index contributed by atoms with van der Waals surface area (Å²) in [5, 5.41) is 2.66. The molecule has 0 aliphatic carbocycles. The molecule has 1 amide bonds. The number of nitrogens with one attached hydrogen (secondary N) is 2. The van der Waals surface area contributed by atoms with Gasteiger partial charge in [0.05, 0.1) is 19.3 Å². The van der Waals surface area contributed by atoms with Crippen LogP contribution in [0, 0.1) is 0 Å². The summed E-state index contributed by atoms with van der Waals surface area (Å²) in [5.41, 5.74) is 1.02. The van der Waals surface area contributed by atoms with E-state index in [0.29, 0.717) is 29.3 Å². The van der Waals surface area contributed by atoms with E-state index in [-0.39, 0.29) is 10.6 Å². The minimum absolute atomic E-state index is 0.108. The molecule has 1 heterocycles. The van der Waals surface area contributed by atoms with E-state index in [1.165, 1.54) is 25.4 Å². The Morgan fingerprint density at radius 2 is 1.80 bits per heavy atom. The topological polar surface area (TPSA) is 107 Å². The number of anilines is 2. The Kier molecular flexibility index (Phi) is 6.53. The van der Waals surface area contributed by atoms with E-state index < -0.39 is 15.9 Å². The van der Waals surface area contributed by atoms with Crippen molar-refractivity contribution in [3.05, 3.63) is 72.6 Å². The number of hydrogen-bond acceptors (Lipinski definition) is 6. The van der Waals surface area contributed by atoms with Gasteiger partial charge in [0.2, 0.25) is 0 Å². The molecule has 0 fully saturated rings. The third kappa shape index (κ3) is 5.06. The average Bonchev–Trinajstić information content (AvgIpc) is 2.75. The molecule has 0 atom stereocenters. The van der Waals surface area contributed by atoms with Crippen LogP contribution in [-0.2, 0) is 10.0 Å². The standard InChI is InChI=1S/C21H21N3O5S/c1-3-29-18-9-6-16(7-10-18)24-30(26,27)20-13-17(8-11-19(20)28-2)23-21(25)15-5-4-12-22-14-15/h4-14,24H,3H2,1-2H3,(H,23,25). The monoisotopic (exact) mass is 427 g/mol. The van der Waals surface area contributed by atoms with Gasteiger partial charge in [-0.05, 0) is 61.5 Å². The highest BCUT2D eigenvalue weighted by Crippen LogP contribution is 2.29. The molecular formula is C21H21N3O5S. The number of carbonyl (C=O) groups is 1. The maximum Gasteiger partial charge on any atom is 0.265 e. The number of methoxy groups -OCH3 is 1. The molecule has 156 valence electrons. The molecule has 2 N–H and O–H groups in total. The highest BCUT2D eigenvalue weighted by atomic mass is 32.2. The van der Waals surface area contributed by atoms with Gasteiger partial charge < -0.3 is 14.8 Å². The first-order valence-corrected chi connectivity index (χ1v) is 10.6. The molecule has 0 radical (unpaired) electrons. The van der Waals surface area contributed by atoms with Gasteiger partial charge in [-0.15, -0.1) is 0 Å².